The minimum absolute atomic E-state index is 0.0519. The van der Waals surface area contributed by atoms with Crippen LogP contribution < -0.4 is 14.3 Å². The smallest absolute Gasteiger partial charge is 0.325 e. The molecular formula is C18H18N2O6S2. The Kier molecular flexibility index (Phi) is 5.71. The zero-order chi connectivity index (χ0) is 20.3. The number of ether oxygens (including phenoxy) is 3. The van der Waals surface area contributed by atoms with Crippen molar-refractivity contribution in [1.82, 2.24) is 4.57 Å². The molecule has 2 aromatic carbocycles. The summed E-state index contributed by atoms with van der Waals surface area (Å²) in [6.07, 6.45) is 0. The van der Waals surface area contributed by atoms with Crippen molar-refractivity contribution in [2.45, 2.75) is 11.4 Å². The molecule has 0 atom stereocenters. The Hall–Kier alpha value is -2.85. The summed E-state index contributed by atoms with van der Waals surface area (Å²) in [5.74, 6) is 0.413. The highest BCUT2D eigenvalue weighted by molar-refractivity contribution is 7.90. The maximum atomic E-state index is 12.7. The van der Waals surface area contributed by atoms with Gasteiger partial charge in [-0.25, -0.2) is 0 Å². The summed E-state index contributed by atoms with van der Waals surface area (Å²) in [6.45, 7) is -0.233. The Morgan fingerprint density at radius 3 is 2.29 bits per heavy atom. The predicted molar refractivity (Wildman–Crippen MR) is 104 cm³/mol. The van der Waals surface area contributed by atoms with Crippen molar-refractivity contribution in [3.8, 4) is 11.5 Å². The molecule has 0 unspecified atom stereocenters. The van der Waals surface area contributed by atoms with E-state index in [0.29, 0.717) is 21.7 Å². The zero-order valence-electron chi connectivity index (χ0n) is 15.4. The number of hydrogen-bond acceptors (Lipinski definition) is 7. The van der Waals surface area contributed by atoms with Crippen molar-refractivity contribution in [2.24, 2.45) is 4.40 Å². The molecule has 0 amide bonds. The highest BCUT2D eigenvalue weighted by Gasteiger charge is 2.20. The summed E-state index contributed by atoms with van der Waals surface area (Å²) < 4.78 is 47.0. The molecule has 1 aromatic heterocycles. The molecule has 3 rings (SSSR count). The average Bonchev–Trinajstić information content (AvgIpc) is 3.05. The predicted octanol–water partition coefficient (Wildman–Crippen LogP) is 2.18. The Morgan fingerprint density at radius 2 is 1.68 bits per heavy atom. The van der Waals surface area contributed by atoms with Gasteiger partial charge in [0.05, 0.1) is 26.2 Å². The molecule has 0 saturated carbocycles. The molecule has 10 heteroatoms. The van der Waals surface area contributed by atoms with Crippen molar-refractivity contribution in [2.75, 3.05) is 21.3 Å². The number of rotatable bonds is 6. The van der Waals surface area contributed by atoms with Crippen molar-refractivity contribution in [3.63, 3.8) is 0 Å². The third-order valence-corrected chi connectivity index (χ3v) is 6.44. The van der Waals surface area contributed by atoms with Crippen LogP contribution in [0, 0.1) is 0 Å². The van der Waals surface area contributed by atoms with Gasteiger partial charge in [-0.3, -0.25) is 4.79 Å². The minimum atomic E-state index is -3.98. The lowest BCUT2D eigenvalue weighted by atomic mass is 10.3. The SMILES string of the molecule is COC(=O)Cn1/c(=N/S(=O)(=O)c2ccccc2)sc2c(OC)ccc(OC)c21. The van der Waals surface area contributed by atoms with E-state index in [2.05, 4.69) is 4.40 Å². The van der Waals surface area contributed by atoms with E-state index in [1.165, 1.54) is 38.0 Å². The fourth-order valence-corrected chi connectivity index (χ4v) is 4.97. The number of hydrogen-bond donors (Lipinski definition) is 0. The number of methoxy groups -OCH3 is 3. The maximum absolute atomic E-state index is 12.7. The van der Waals surface area contributed by atoms with Crippen LogP contribution in [0.1, 0.15) is 0 Å². The van der Waals surface area contributed by atoms with E-state index in [1.807, 2.05) is 0 Å². The van der Waals surface area contributed by atoms with Crippen LogP contribution in [-0.2, 0) is 26.1 Å². The maximum Gasteiger partial charge on any atom is 0.325 e. The first-order valence-corrected chi connectivity index (χ1v) is 10.3. The molecule has 0 radical (unpaired) electrons. The molecule has 0 aliphatic rings. The molecule has 0 aliphatic heterocycles. The number of sulfonamides is 1. The summed E-state index contributed by atoms with van der Waals surface area (Å²) in [5, 5.41) is 0. The molecule has 0 saturated heterocycles. The van der Waals surface area contributed by atoms with Gasteiger partial charge < -0.3 is 18.8 Å². The third kappa shape index (κ3) is 3.73. The van der Waals surface area contributed by atoms with Crippen LogP contribution in [0.2, 0.25) is 0 Å². The van der Waals surface area contributed by atoms with Gasteiger partial charge in [-0.2, -0.15) is 8.42 Å². The highest BCUT2D eigenvalue weighted by Crippen LogP contribution is 2.35. The summed E-state index contributed by atoms with van der Waals surface area (Å²) in [7, 11) is 0.261. The second-order valence-electron chi connectivity index (χ2n) is 5.57. The quantitative estimate of drug-likeness (QED) is 0.565. The van der Waals surface area contributed by atoms with E-state index < -0.39 is 16.0 Å². The van der Waals surface area contributed by atoms with E-state index in [-0.39, 0.29) is 16.2 Å². The molecule has 0 bridgehead atoms. The van der Waals surface area contributed by atoms with Crippen molar-refractivity contribution >= 4 is 37.5 Å². The Labute approximate surface area is 165 Å². The van der Waals surface area contributed by atoms with Gasteiger partial charge in [0.25, 0.3) is 10.0 Å². The van der Waals surface area contributed by atoms with Crippen molar-refractivity contribution in [1.29, 1.82) is 0 Å². The van der Waals surface area contributed by atoms with Gasteiger partial charge in [0.1, 0.15) is 28.3 Å². The molecule has 0 N–H and O–H groups in total. The first-order chi connectivity index (χ1) is 13.4. The number of thiazole rings is 1. The van der Waals surface area contributed by atoms with Crippen LogP contribution in [0.25, 0.3) is 10.2 Å². The molecule has 3 aromatic rings. The monoisotopic (exact) mass is 422 g/mol. The standard InChI is InChI=1S/C18H18N2O6S2/c1-24-13-9-10-14(25-2)17-16(13)20(11-15(21)26-3)18(27-17)19-28(22,23)12-7-5-4-6-8-12/h4-10H,11H2,1-3H3/b19-18-. The lowest BCUT2D eigenvalue weighted by Gasteiger charge is -2.09. The summed E-state index contributed by atoms with van der Waals surface area (Å²) >= 11 is 1.08. The number of benzene rings is 2. The lowest BCUT2D eigenvalue weighted by molar-refractivity contribution is -0.141. The summed E-state index contributed by atoms with van der Waals surface area (Å²) in [5.41, 5.74) is 0.499. The van der Waals surface area contributed by atoms with E-state index >= 15 is 0 Å². The Balaban J connectivity index is 2.35. The number of carbonyl (C=O) groups excluding carboxylic acids is 1. The van der Waals surface area contributed by atoms with Crippen LogP contribution in [0.4, 0.5) is 0 Å². The fourth-order valence-electron chi connectivity index (χ4n) is 2.61. The van der Waals surface area contributed by atoms with Gasteiger partial charge in [0.15, 0.2) is 0 Å². The highest BCUT2D eigenvalue weighted by atomic mass is 32.2. The molecule has 28 heavy (non-hydrogen) atoms. The molecule has 1 heterocycles. The normalized spacial score (nSPS) is 12.2. The Bertz CT molecular complexity index is 1180. The molecule has 148 valence electrons. The van der Waals surface area contributed by atoms with Gasteiger partial charge in [0.2, 0.25) is 4.80 Å². The van der Waals surface area contributed by atoms with Gasteiger partial charge in [-0.15, -0.1) is 4.40 Å². The van der Waals surface area contributed by atoms with E-state index in [1.54, 1.807) is 30.3 Å². The first-order valence-electron chi connectivity index (χ1n) is 8.08. The summed E-state index contributed by atoms with van der Waals surface area (Å²) in [6, 6.07) is 11.2. The minimum Gasteiger partial charge on any atom is -0.495 e. The largest absolute Gasteiger partial charge is 0.495 e. The van der Waals surface area contributed by atoms with Crippen molar-refractivity contribution in [3.05, 3.63) is 47.3 Å². The summed E-state index contributed by atoms with van der Waals surface area (Å²) in [4.78, 5) is 12.1. The average molecular weight is 422 g/mol. The van der Waals surface area contributed by atoms with E-state index in [0.717, 1.165) is 11.3 Å². The number of aromatic nitrogens is 1. The second kappa shape index (κ2) is 8.03. The van der Waals surface area contributed by atoms with E-state index in [9.17, 15) is 13.2 Å². The van der Waals surface area contributed by atoms with Crippen LogP contribution >= 0.6 is 11.3 Å². The molecule has 0 spiro atoms. The van der Waals surface area contributed by atoms with Crippen LogP contribution in [0.5, 0.6) is 11.5 Å². The topological polar surface area (TPSA) is 96.2 Å². The van der Waals surface area contributed by atoms with Crippen LogP contribution in [0.3, 0.4) is 0 Å². The molecule has 8 nitrogen and oxygen atoms in total. The van der Waals surface area contributed by atoms with Crippen LogP contribution in [-0.4, -0.2) is 40.3 Å². The third-order valence-electron chi connectivity index (χ3n) is 3.95. The number of esters is 1. The van der Waals surface area contributed by atoms with E-state index in [4.69, 9.17) is 14.2 Å². The molecule has 0 aliphatic carbocycles. The van der Waals surface area contributed by atoms with Gasteiger partial charge >= 0.3 is 5.97 Å². The van der Waals surface area contributed by atoms with Gasteiger partial charge in [-0.05, 0) is 24.3 Å². The zero-order valence-corrected chi connectivity index (χ0v) is 17.0. The molecule has 0 fully saturated rings. The van der Waals surface area contributed by atoms with Gasteiger partial charge in [-0.1, -0.05) is 29.5 Å². The fraction of sp³-hybridized carbons (Fsp3) is 0.222. The number of nitrogens with zero attached hydrogens (tertiary/aromatic N) is 2. The first kappa shape index (κ1) is 19.9. The van der Waals surface area contributed by atoms with Crippen LogP contribution in [0.15, 0.2) is 51.8 Å². The molecular weight excluding hydrogens is 404 g/mol. The van der Waals surface area contributed by atoms with Gasteiger partial charge in [0, 0.05) is 0 Å². The van der Waals surface area contributed by atoms with Crippen molar-refractivity contribution < 1.29 is 27.4 Å². The lowest BCUT2D eigenvalue weighted by Crippen LogP contribution is -2.22. The number of fused-ring (bicyclic) bond motifs is 1. The second-order valence-corrected chi connectivity index (χ2v) is 8.16. The number of carbonyl (C=O) groups is 1. The Morgan fingerprint density at radius 1 is 1.04 bits per heavy atom.